The van der Waals surface area contributed by atoms with E-state index in [1.54, 1.807) is 11.3 Å². The fourth-order valence-corrected chi connectivity index (χ4v) is 6.57. The maximum Gasteiger partial charge on any atom is 0.235 e. The molecule has 2 atom stereocenters. The van der Waals surface area contributed by atoms with E-state index in [1.165, 1.54) is 16.0 Å². The number of fused-ring (bicyclic) bond motifs is 3. The molecule has 2 aromatic carbocycles. The molecule has 1 amide bonds. The van der Waals surface area contributed by atoms with Crippen LogP contribution in [0.1, 0.15) is 39.6 Å². The van der Waals surface area contributed by atoms with Gasteiger partial charge >= 0.3 is 0 Å². The summed E-state index contributed by atoms with van der Waals surface area (Å²) in [5.41, 5.74) is 6.01. The van der Waals surface area contributed by atoms with Gasteiger partial charge in [0.25, 0.3) is 0 Å². The van der Waals surface area contributed by atoms with Crippen molar-refractivity contribution in [3.05, 3.63) is 81.2 Å². The van der Waals surface area contributed by atoms with Gasteiger partial charge in [0.05, 0.1) is 29.8 Å². The van der Waals surface area contributed by atoms with Crippen molar-refractivity contribution in [1.29, 1.82) is 0 Å². The van der Waals surface area contributed by atoms with Gasteiger partial charge in [0.15, 0.2) is 0 Å². The fourth-order valence-electron chi connectivity index (χ4n) is 5.68. The van der Waals surface area contributed by atoms with Crippen LogP contribution in [0.15, 0.2) is 53.9 Å². The van der Waals surface area contributed by atoms with Crippen LogP contribution in [0.4, 0.5) is 5.69 Å². The third kappa shape index (κ3) is 3.54. The number of ether oxygens (including phenoxy) is 1. The SMILES string of the molecule is O=C1Nc2ccccc2[C@]12C[C@H]2c1ccc2c(/C=C/c3csc(CN4CCOCC4)c3)n[nH]c2c1. The van der Waals surface area contributed by atoms with Gasteiger partial charge in [0.1, 0.15) is 0 Å². The first-order chi connectivity index (χ1) is 17.2. The summed E-state index contributed by atoms with van der Waals surface area (Å²) in [4.78, 5) is 16.7. The van der Waals surface area contributed by atoms with Crippen molar-refractivity contribution in [2.75, 3.05) is 31.6 Å². The summed E-state index contributed by atoms with van der Waals surface area (Å²) < 4.78 is 5.45. The van der Waals surface area contributed by atoms with Crippen LogP contribution in [0.5, 0.6) is 0 Å². The molecule has 1 spiro atoms. The maximum absolute atomic E-state index is 12.9. The highest BCUT2D eigenvalue weighted by atomic mass is 32.1. The van der Waals surface area contributed by atoms with Crippen molar-refractivity contribution in [1.82, 2.24) is 15.1 Å². The Morgan fingerprint density at radius 3 is 2.94 bits per heavy atom. The van der Waals surface area contributed by atoms with E-state index in [2.05, 4.69) is 68.3 Å². The fraction of sp³-hybridized carbons (Fsp3) is 0.286. The molecule has 2 fully saturated rings. The van der Waals surface area contributed by atoms with Crippen LogP contribution in [0.25, 0.3) is 23.1 Å². The number of hydrogen-bond donors (Lipinski definition) is 2. The van der Waals surface area contributed by atoms with Crippen molar-refractivity contribution < 1.29 is 9.53 Å². The Hall–Kier alpha value is -3.26. The number of benzene rings is 2. The van der Waals surface area contributed by atoms with E-state index < -0.39 is 5.41 Å². The van der Waals surface area contributed by atoms with Gasteiger partial charge in [-0.2, -0.15) is 5.10 Å². The third-order valence-corrected chi connectivity index (χ3v) is 8.57. The second kappa shape index (κ2) is 8.16. The molecule has 0 unspecified atom stereocenters. The molecule has 4 aromatic rings. The van der Waals surface area contributed by atoms with Crippen LogP contribution in [0, 0.1) is 0 Å². The monoisotopic (exact) mass is 482 g/mol. The summed E-state index contributed by atoms with van der Waals surface area (Å²) in [6.07, 6.45) is 5.07. The Kier molecular flexibility index (Phi) is 4.91. The number of H-pyrrole nitrogens is 1. The number of aromatic amines is 1. The van der Waals surface area contributed by atoms with Crippen LogP contribution < -0.4 is 5.32 Å². The quantitative estimate of drug-likeness (QED) is 0.420. The highest BCUT2D eigenvalue weighted by Crippen LogP contribution is 2.64. The first-order valence-electron chi connectivity index (χ1n) is 12.2. The Morgan fingerprint density at radius 1 is 1.14 bits per heavy atom. The van der Waals surface area contributed by atoms with Gasteiger partial charge < -0.3 is 10.1 Å². The van der Waals surface area contributed by atoms with E-state index in [0.29, 0.717) is 0 Å². The number of morpholine rings is 1. The Bertz CT molecular complexity index is 1460. The predicted octanol–water partition coefficient (Wildman–Crippen LogP) is 5.00. The molecule has 1 saturated carbocycles. The maximum atomic E-state index is 12.9. The summed E-state index contributed by atoms with van der Waals surface area (Å²) in [5, 5.41) is 14.1. The Balaban J connectivity index is 1.09. The zero-order valence-electron chi connectivity index (χ0n) is 19.3. The van der Waals surface area contributed by atoms with Crippen LogP contribution in [0.2, 0.25) is 0 Å². The standard InChI is InChI=1S/C28H26N4O2S/c33-27-28(22-3-1-2-4-25(22)29-27)15-23(28)19-6-7-21-24(30-31-26(21)14-19)8-5-18-13-20(35-17-18)16-32-9-11-34-12-10-32/h1-8,13-14,17,23H,9-12,15-16H2,(H,29,33)(H,30,31)/b8-5+/t23-,28-/m0/s1. The minimum absolute atomic E-state index is 0.126. The molecule has 1 aliphatic carbocycles. The first-order valence-corrected chi connectivity index (χ1v) is 13.0. The van der Waals surface area contributed by atoms with Crippen molar-refractivity contribution in [2.45, 2.75) is 24.3 Å². The Labute approximate surface area is 207 Å². The number of nitrogens with one attached hydrogen (secondary N) is 2. The number of aromatic nitrogens is 2. The predicted molar refractivity (Wildman–Crippen MR) is 140 cm³/mol. The lowest BCUT2D eigenvalue weighted by atomic mass is 9.92. The smallest absolute Gasteiger partial charge is 0.235 e. The molecular formula is C28H26N4O2S. The molecule has 0 bridgehead atoms. The second-order valence-electron chi connectivity index (χ2n) is 9.71. The molecule has 4 heterocycles. The average molecular weight is 483 g/mol. The third-order valence-electron chi connectivity index (χ3n) is 7.63. The number of hydrogen-bond acceptors (Lipinski definition) is 5. The topological polar surface area (TPSA) is 70.2 Å². The second-order valence-corrected chi connectivity index (χ2v) is 10.7. The van der Waals surface area contributed by atoms with E-state index in [0.717, 1.165) is 67.1 Å². The normalized spacial score (nSPS) is 23.9. The highest BCUT2D eigenvalue weighted by Gasteiger charge is 2.65. The number of anilines is 1. The molecule has 0 radical (unpaired) electrons. The molecule has 1 saturated heterocycles. The molecule has 7 heteroatoms. The van der Waals surface area contributed by atoms with Gasteiger partial charge in [-0.05, 0) is 52.8 Å². The molecule has 2 N–H and O–H groups in total. The molecule has 7 rings (SSSR count). The lowest BCUT2D eigenvalue weighted by molar-refractivity contribution is -0.118. The number of para-hydroxylation sites is 1. The van der Waals surface area contributed by atoms with Gasteiger partial charge in [0, 0.05) is 41.5 Å². The molecule has 2 aromatic heterocycles. The van der Waals surface area contributed by atoms with E-state index in [1.807, 2.05) is 18.2 Å². The minimum Gasteiger partial charge on any atom is -0.379 e. The van der Waals surface area contributed by atoms with Gasteiger partial charge in [-0.25, -0.2) is 0 Å². The van der Waals surface area contributed by atoms with Crippen molar-refractivity contribution in [3.63, 3.8) is 0 Å². The molecule has 176 valence electrons. The summed E-state index contributed by atoms with van der Waals surface area (Å²) in [6.45, 7) is 4.65. The highest BCUT2D eigenvalue weighted by molar-refractivity contribution is 7.10. The van der Waals surface area contributed by atoms with Crippen LogP contribution in [-0.2, 0) is 21.5 Å². The number of thiophene rings is 1. The summed E-state index contributed by atoms with van der Waals surface area (Å²) >= 11 is 1.81. The number of amides is 1. The summed E-state index contributed by atoms with van der Waals surface area (Å²) in [6, 6.07) is 16.8. The minimum atomic E-state index is -0.412. The number of nitrogens with zero attached hydrogens (tertiary/aromatic N) is 2. The number of rotatable bonds is 5. The van der Waals surface area contributed by atoms with Crippen molar-refractivity contribution in [2.24, 2.45) is 0 Å². The summed E-state index contributed by atoms with van der Waals surface area (Å²) in [7, 11) is 0. The first kappa shape index (κ1) is 21.1. The molecule has 2 aliphatic heterocycles. The summed E-state index contributed by atoms with van der Waals surface area (Å²) in [5.74, 6) is 0.328. The molecule has 6 nitrogen and oxygen atoms in total. The molecule has 35 heavy (non-hydrogen) atoms. The van der Waals surface area contributed by atoms with E-state index in [9.17, 15) is 4.79 Å². The zero-order chi connectivity index (χ0) is 23.4. The van der Waals surface area contributed by atoms with E-state index in [-0.39, 0.29) is 11.8 Å². The van der Waals surface area contributed by atoms with Gasteiger partial charge in [-0.3, -0.25) is 14.8 Å². The lowest BCUT2D eigenvalue weighted by Gasteiger charge is -2.25. The van der Waals surface area contributed by atoms with Gasteiger partial charge in [-0.15, -0.1) is 11.3 Å². The zero-order valence-corrected chi connectivity index (χ0v) is 20.1. The number of carbonyl (C=O) groups excluding carboxylic acids is 1. The van der Waals surface area contributed by atoms with Crippen LogP contribution in [-0.4, -0.2) is 47.3 Å². The lowest BCUT2D eigenvalue weighted by Crippen LogP contribution is -2.35. The van der Waals surface area contributed by atoms with Crippen LogP contribution >= 0.6 is 11.3 Å². The average Bonchev–Trinajstić information content (AvgIpc) is 3.12. The molecular weight excluding hydrogens is 456 g/mol. The largest absolute Gasteiger partial charge is 0.379 e. The van der Waals surface area contributed by atoms with Gasteiger partial charge in [0.2, 0.25) is 5.91 Å². The van der Waals surface area contributed by atoms with Crippen molar-refractivity contribution >= 4 is 46.0 Å². The van der Waals surface area contributed by atoms with Crippen molar-refractivity contribution in [3.8, 4) is 0 Å². The van der Waals surface area contributed by atoms with E-state index in [4.69, 9.17) is 4.74 Å². The Morgan fingerprint density at radius 2 is 2.03 bits per heavy atom. The number of carbonyl (C=O) groups is 1. The van der Waals surface area contributed by atoms with Gasteiger partial charge in [-0.1, -0.05) is 36.4 Å². The molecule has 3 aliphatic rings. The van der Waals surface area contributed by atoms with E-state index >= 15 is 0 Å². The van der Waals surface area contributed by atoms with Crippen LogP contribution in [0.3, 0.4) is 0 Å².